The van der Waals surface area contributed by atoms with Gasteiger partial charge in [-0.3, -0.25) is 0 Å². The van der Waals surface area contributed by atoms with E-state index in [4.69, 9.17) is 4.74 Å². The minimum Gasteiger partial charge on any atom is -0.490 e. The molecule has 0 atom stereocenters. The van der Waals surface area contributed by atoms with Crippen LogP contribution in [0.25, 0.3) is 10.8 Å². The summed E-state index contributed by atoms with van der Waals surface area (Å²) in [6.07, 6.45) is 2.44. The number of carboxylic acid groups (broad SMARTS) is 1. The van der Waals surface area contributed by atoms with Gasteiger partial charge in [0, 0.05) is 17.0 Å². The van der Waals surface area contributed by atoms with Crippen LogP contribution in [-0.4, -0.2) is 22.7 Å². The van der Waals surface area contributed by atoms with E-state index in [0.717, 1.165) is 17.2 Å². The van der Waals surface area contributed by atoms with Crippen molar-refractivity contribution in [1.82, 2.24) is 4.98 Å². The molecule has 2 aromatic rings. The van der Waals surface area contributed by atoms with Crippen molar-refractivity contribution in [1.29, 1.82) is 0 Å². The monoisotopic (exact) mass is 259 g/mol. The molecular weight excluding hydrogens is 242 g/mol. The molecular formula is C15H17NO3. The molecule has 100 valence electrons. The van der Waals surface area contributed by atoms with Gasteiger partial charge in [-0.15, -0.1) is 0 Å². The number of hydrogen-bond acceptors (Lipinski definition) is 3. The summed E-state index contributed by atoms with van der Waals surface area (Å²) >= 11 is 0. The highest BCUT2D eigenvalue weighted by molar-refractivity contribution is 5.98. The van der Waals surface area contributed by atoms with Crippen LogP contribution in [-0.2, 0) is 0 Å². The molecule has 0 aliphatic rings. The average Bonchev–Trinajstić information content (AvgIpc) is 2.38. The summed E-state index contributed by atoms with van der Waals surface area (Å²) in [4.78, 5) is 15.2. The van der Waals surface area contributed by atoms with E-state index in [0.29, 0.717) is 18.3 Å². The quantitative estimate of drug-likeness (QED) is 0.894. The van der Waals surface area contributed by atoms with E-state index in [9.17, 15) is 9.90 Å². The molecule has 0 spiro atoms. The van der Waals surface area contributed by atoms with Crippen LogP contribution in [0.3, 0.4) is 0 Å². The maximum absolute atomic E-state index is 11.2. The Balaban J connectivity index is 2.41. The molecule has 19 heavy (non-hydrogen) atoms. The summed E-state index contributed by atoms with van der Waals surface area (Å²) in [5, 5.41) is 10.9. The van der Waals surface area contributed by atoms with Gasteiger partial charge in [0.2, 0.25) is 0 Å². The van der Waals surface area contributed by atoms with Crippen LogP contribution < -0.4 is 4.74 Å². The molecule has 0 unspecified atom stereocenters. The van der Waals surface area contributed by atoms with Crippen LogP contribution in [0.15, 0.2) is 30.5 Å². The van der Waals surface area contributed by atoms with Crippen molar-refractivity contribution in [2.45, 2.75) is 20.3 Å². The van der Waals surface area contributed by atoms with Crippen molar-refractivity contribution in [2.75, 3.05) is 6.61 Å². The number of carboxylic acids is 1. The van der Waals surface area contributed by atoms with Gasteiger partial charge in [0.25, 0.3) is 0 Å². The molecule has 0 saturated carbocycles. The number of rotatable bonds is 5. The lowest BCUT2D eigenvalue weighted by Crippen LogP contribution is -2.08. The first kappa shape index (κ1) is 13.3. The Labute approximate surface area is 112 Å². The molecule has 0 saturated heterocycles. The minimum absolute atomic E-state index is 0.0255. The van der Waals surface area contributed by atoms with Gasteiger partial charge in [-0.05, 0) is 12.3 Å². The van der Waals surface area contributed by atoms with Gasteiger partial charge in [0.15, 0.2) is 11.4 Å². The lowest BCUT2D eigenvalue weighted by molar-refractivity contribution is 0.0685. The van der Waals surface area contributed by atoms with Crippen LogP contribution in [0.4, 0.5) is 0 Å². The fourth-order valence-corrected chi connectivity index (χ4v) is 1.83. The fraction of sp³-hybridized carbons (Fsp3) is 0.333. The second-order valence-corrected chi connectivity index (χ2v) is 4.86. The molecule has 0 amide bonds. The molecule has 4 heteroatoms. The standard InChI is InChI=1S/C15H17NO3/c1-10(2)7-8-19-14-12-6-4-3-5-11(12)9-16-13(14)15(17)18/h3-6,9-10H,7-8H2,1-2H3,(H,17,18). The Bertz CT molecular complexity index is 593. The first-order valence-corrected chi connectivity index (χ1v) is 6.33. The van der Waals surface area contributed by atoms with E-state index >= 15 is 0 Å². The number of hydrogen-bond donors (Lipinski definition) is 1. The second kappa shape index (κ2) is 5.69. The zero-order chi connectivity index (χ0) is 13.8. The van der Waals surface area contributed by atoms with E-state index in [1.807, 2.05) is 24.3 Å². The normalized spacial score (nSPS) is 10.9. The molecule has 1 N–H and O–H groups in total. The zero-order valence-corrected chi connectivity index (χ0v) is 11.1. The van der Waals surface area contributed by atoms with Gasteiger partial charge in [0.05, 0.1) is 6.61 Å². The largest absolute Gasteiger partial charge is 0.490 e. The van der Waals surface area contributed by atoms with Gasteiger partial charge < -0.3 is 9.84 Å². The number of carbonyl (C=O) groups is 1. The van der Waals surface area contributed by atoms with E-state index in [2.05, 4.69) is 18.8 Å². The van der Waals surface area contributed by atoms with E-state index in [-0.39, 0.29) is 5.69 Å². The maximum atomic E-state index is 11.2. The third-order valence-electron chi connectivity index (χ3n) is 2.90. The maximum Gasteiger partial charge on any atom is 0.358 e. The summed E-state index contributed by atoms with van der Waals surface area (Å²) in [7, 11) is 0. The van der Waals surface area contributed by atoms with Crippen molar-refractivity contribution in [3.8, 4) is 5.75 Å². The highest BCUT2D eigenvalue weighted by Crippen LogP contribution is 2.28. The summed E-state index contributed by atoms with van der Waals surface area (Å²) in [5.41, 5.74) is -0.0255. The summed E-state index contributed by atoms with van der Waals surface area (Å²) in [6.45, 7) is 4.69. The zero-order valence-electron chi connectivity index (χ0n) is 11.1. The van der Waals surface area contributed by atoms with Crippen LogP contribution in [0, 0.1) is 5.92 Å². The third-order valence-corrected chi connectivity index (χ3v) is 2.90. The predicted molar refractivity (Wildman–Crippen MR) is 73.7 cm³/mol. The first-order valence-electron chi connectivity index (χ1n) is 6.33. The molecule has 1 aromatic heterocycles. The highest BCUT2D eigenvalue weighted by atomic mass is 16.5. The van der Waals surface area contributed by atoms with Crippen molar-refractivity contribution >= 4 is 16.7 Å². The molecule has 4 nitrogen and oxygen atoms in total. The average molecular weight is 259 g/mol. The number of aromatic nitrogens is 1. The minimum atomic E-state index is -1.06. The third kappa shape index (κ3) is 3.02. The molecule has 0 bridgehead atoms. The van der Waals surface area contributed by atoms with Gasteiger partial charge in [-0.2, -0.15) is 0 Å². The molecule has 1 aromatic carbocycles. The number of pyridine rings is 1. The Morgan fingerprint density at radius 1 is 1.37 bits per heavy atom. The van der Waals surface area contributed by atoms with Crippen molar-refractivity contribution < 1.29 is 14.6 Å². The SMILES string of the molecule is CC(C)CCOc1c(C(=O)O)ncc2ccccc12. The van der Waals surface area contributed by atoms with Gasteiger partial charge in [-0.25, -0.2) is 9.78 Å². The van der Waals surface area contributed by atoms with E-state index < -0.39 is 5.97 Å². The summed E-state index contributed by atoms with van der Waals surface area (Å²) in [6, 6.07) is 7.50. The van der Waals surface area contributed by atoms with E-state index in [1.165, 1.54) is 0 Å². The Morgan fingerprint density at radius 2 is 2.11 bits per heavy atom. The Hall–Kier alpha value is -2.10. The Kier molecular flexibility index (Phi) is 4.00. The molecule has 0 aliphatic carbocycles. The Morgan fingerprint density at radius 3 is 2.79 bits per heavy atom. The predicted octanol–water partition coefficient (Wildman–Crippen LogP) is 3.36. The molecule has 0 radical (unpaired) electrons. The van der Waals surface area contributed by atoms with Gasteiger partial charge in [-0.1, -0.05) is 38.1 Å². The summed E-state index contributed by atoms with van der Waals surface area (Å²) in [5.74, 6) is -0.187. The van der Waals surface area contributed by atoms with Crippen LogP contribution in [0.2, 0.25) is 0 Å². The lowest BCUT2D eigenvalue weighted by atomic mass is 10.1. The molecule has 2 rings (SSSR count). The second-order valence-electron chi connectivity index (χ2n) is 4.86. The number of nitrogens with zero attached hydrogens (tertiary/aromatic N) is 1. The first-order chi connectivity index (χ1) is 9.09. The topological polar surface area (TPSA) is 59.4 Å². The number of benzene rings is 1. The van der Waals surface area contributed by atoms with Gasteiger partial charge in [0.1, 0.15) is 0 Å². The van der Waals surface area contributed by atoms with Gasteiger partial charge >= 0.3 is 5.97 Å². The highest BCUT2D eigenvalue weighted by Gasteiger charge is 2.16. The van der Waals surface area contributed by atoms with Crippen LogP contribution in [0.1, 0.15) is 30.8 Å². The van der Waals surface area contributed by atoms with Crippen molar-refractivity contribution in [2.24, 2.45) is 5.92 Å². The van der Waals surface area contributed by atoms with E-state index in [1.54, 1.807) is 6.20 Å². The fourth-order valence-electron chi connectivity index (χ4n) is 1.83. The number of aromatic carboxylic acids is 1. The molecule has 0 fully saturated rings. The molecule has 1 heterocycles. The van der Waals surface area contributed by atoms with Crippen molar-refractivity contribution in [3.63, 3.8) is 0 Å². The van der Waals surface area contributed by atoms with Crippen LogP contribution in [0.5, 0.6) is 5.75 Å². The smallest absolute Gasteiger partial charge is 0.358 e. The lowest BCUT2D eigenvalue weighted by Gasteiger charge is -2.12. The summed E-state index contributed by atoms with van der Waals surface area (Å²) < 4.78 is 5.68. The van der Waals surface area contributed by atoms with Crippen LogP contribution >= 0.6 is 0 Å². The van der Waals surface area contributed by atoms with Crippen molar-refractivity contribution in [3.05, 3.63) is 36.2 Å². The molecule has 0 aliphatic heterocycles. The number of ether oxygens (including phenoxy) is 1. The number of fused-ring (bicyclic) bond motifs is 1.